The topological polar surface area (TPSA) is 4.93 Å². The van der Waals surface area contributed by atoms with E-state index in [1.165, 1.54) is 17.0 Å². The van der Waals surface area contributed by atoms with E-state index in [2.05, 4.69) is 76.7 Å². The minimum absolute atomic E-state index is 1.16. The molecule has 0 saturated carbocycles. The van der Waals surface area contributed by atoms with Crippen molar-refractivity contribution < 1.29 is 0 Å². The fourth-order valence-corrected chi connectivity index (χ4v) is 13.6. The monoisotopic (exact) mass is 519 g/mol. The molecule has 0 bridgehead atoms. The van der Waals surface area contributed by atoms with Crippen molar-refractivity contribution in [2.24, 2.45) is 0 Å². The average molecular weight is 517 g/mol. The Bertz CT molecular complexity index is 612. The first-order valence-corrected chi connectivity index (χ1v) is 28.7. The fourth-order valence-electron chi connectivity index (χ4n) is 2.68. The summed E-state index contributed by atoms with van der Waals surface area (Å²) in [6.07, 6.45) is 1.22. The molecule has 0 aliphatic rings. The van der Waals surface area contributed by atoms with Gasteiger partial charge in [-0.3, -0.25) is 0 Å². The molecule has 2 aromatic rings. The van der Waals surface area contributed by atoms with Gasteiger partial charge in [0.15, 0.2) is 0 Å². The van der Waals surface area contributed by atoms with Gasteiger partial charge >= 0.3 is 144 Å². The number of thiophene rings is 1. The second-order valence-electron chi connectivity index (χ2n) is 7.92. The molecule has 0 fully saturated rings. The Balaban J connectivity index is 2.49. The van der Waals surface area contributed by atoms with Crippen LogP contribution in [0.15, 0.2) is 24.3 Å². The fraction of sp³-hybridized carbons (Fsp3) is 0.529. The Kier molecular flexibility index (Phi) is 5.63. The SMILES string of the molecule is CCCn1c(-c2cc[c]([Sn]([CH3])([CH3])[CH3])s2)cc[c]1[Sn]([CH3])([CH3])[CH3]. The van der Waals surface area contributed by atoms with E-state index in [1.54, 1.807) is 6.60 Å². The molecule has 1 nitrogen and oxygen atoms in total. The first-order chi connectivity index (χ1) is 9.64. The van der Waals surface area contributed by atoms with E-state index in [-0.39, 0.29) is 0 Å². The average Bonchev–Trinajstić information content (AvgIpc) is 2.92. The van der Waals surface area contributed by atoms with Gasteiger partial charge in [-0.2, -0.15) is 0 Å². The third kappa shape index (κ3) is 4.11. The van der Waals surface area contributed by atoms with Crippen LogP contribution in [0, 0.1) is 0 Å². The van der Waals surface area contributed by atoms with Gasteiger partial charge in [-0.25, -0.2) is 0 Å². The maximum absolute atomic E-state index is 2.63. The molecule has 2 heterocycles. The van der Waals surface area contributed by atoms with E-state index in [9.17, 15) is 0 Å². The number of rotatable bonds is 5. The molecule has 2 rings (SSSR count). The predicted octanol–water partition coefficient (Wildman–Crippen LogP) is 4.72. The minimum atomic E-state index is -2.03. The Morgan fingerprint density at radius 2 is 1.57 bits per heavy atom. The van der Waals surface area contributed by atoms with Crippen molar-refractivity contribution in [3.05, 3.63) is 24.3 Å². The van der Waals surface area contributed by atoms with Crippen LogP contribution >= 0.6 is 11.3 Å². The first kappa shape index (κ1) is 17.9. The molecule has 0 aromatic carbocycles. The molecule has 0 aliphatic carbocycles. The molecule has 116 valence electrons. The molecule has 4 heteroatoms. The van der Waals surface area contributed by atoms with Crippen molar-refractivity contribution in [3.8, 4) is 10.6 Å². The van der Waals surface area contributed by atoms with Gasteiger partial charge in [0.1, 0.15) is 0 Å². The normalized spacial score (nSPS) is 12.9. The number of aromatic nitrogens is 1. The van der Waals surface area contributed by atoms with Crippen LogP contribution in [0.5, 0.6) is 0 Å². The Morgan fingerprint density at radius 1 is 0.905 bits per heavy atom. The zero-order valence-corrected chi connectivity index (χ0v) is 21.1. The molecule has 0 aliphatic heterocycles. The van der Waals surface area contributed by atoms with Crippen LogP contribution in [0.4, 0.5) is 0 Å². The summed E-state index contributed by atoms with van der Waals surface area (Å²) in [4.78, 5) is 16.6. The zero-order chi connectivity index (χ0) is 15.8. The summed E-state index contributed by atoms with van der Waals surface area (Å²) in [5.74, 6) is 0. The molecular formula is C17H29NSSn2. The molecule has 0 unspecified atom stereocenters. The Hall–Kier alpha value is 0.577. The van der Waals surface area contributed by atoms with Gasteiger partial charge in [-0.15, -0.1) is 0 Å². The standard InChI is InChI=1S/C11H11NS.6CH3.2Sn/c1-2-7-12-8-3-5-10(12)11-6-4-9-13-11;;;;;;;;/h3-6H,2,7H2,1H3;6*1H3;;. The molecule has 0 N–H and O–H groups in total. The molecule has 0 spiro atoms. The Morgan fingerprint density at radius 3 is 2.05 bits per heavy atom. The van der Waals surface area contributed by atoms with Crippen molar-refractivity contribution >= 4 is 54.7 Å². The van der Waals surface area contributed by atoms with Crippen molar-refractivity contribution in [2.75, 3.05) is 0 Å². The third-order valence-electron chi connectivity index (χ3n) is 3.79. The molecule has 2 aromatic heterocycles. The van der Waals surface area contributed by atoms with Crippen molar-refractivity contribution in [2.45, 2.75) is 49.5 Å². The van der Waals surface area contributed by atoms with E-state index in [1.807, 2.05) is 0 Å². The summed E-state index contributed by atoms with van der Waals surface area (Å²) in [5, 5.41) is 0. The third-order valence-corrected chi connectivity index (χ3v) is 20.0. The van der Waals surface area contributed by atoms with Crippen LogP contribution < -0.4 is 6.60 Å². The zero-order valence-electron chi connectivity index (χ0n) is 14.6. The summed E-state index contributed by atoms with van der Waals surface area (Å²) in [7, 11) is 0. The second kappa shape index (κ2) is 6.60. The van der Waals surface area contributed by atoms with Gasteiger partial charge in [0.2, 0.25) is 0 Å². The van der Waals surface area contributed by atoms with Crippen LogP contribution in [0.3, 0.4) is 0 Å². The van der Waals surface area contributed by atoms with E-state index in [0.29, 0.717) is 0 Å². The summed E-state index contributed by atoms with van der Waals surface area (Å²) in [5.41, 5.74) is 1.46. The summed E-state index contributed by atoms with van der Waals surface area (Å²) < 4.78 is 5.98. The van der Waals surface area contributed by atoms with Crippen LogP contribution in [-0.2, 0) is 6.54 Å². The quantitative estimate of drug-likeness (QED) is 0.507. The first-order valence-electron chi connectivity index (χ1n) is 7.95. The van der Waals surface area contributed by atoms with E-state index >= 15 is 0 Å². The molecule has 0 atom stereocenters. The Labute approximate surface area is 142 Å². The van der Waals surface area contributed by atoms with Crippen LogP contribution in [-0.4, -0.2) is 41.3 Å². The van der Waals surface area contributed by atoms with Gasteiger partial charge in [0.25, 0.3) is 0 Å². The summed E-state index contributed by atoms with van der Waals surface area (Å²) in [6.45, 7) is 3.45. The van der Waals surface area contributed by atoms with Crippen LogP contribution in [0.1, 0.15) is 13.3 Å². The van der Waals surface area contributed by atoms with Gasteiger partial charge in [0, 0.05) is 0 Å². The number of hydrogen-bond donors (Lipinski definition) is 0. The summed E-state index contributed by atoms with van der Waals surface area (Å²) in [6, 6.07) is 9.56. The van der Waals surface area contributed by atoms with Crippen molar-refractivity contribution in [3.63, 3.8) is 0 Å². The van der Waals surface area contributed by atoms with Crippen LogP contribution in [0.2, 0.25) is 29.6 Å². The summed E-state index contributed by atoms with van der Waals surface area (Å²) >= 11 is -1.91. The van der Waals surface area contributed by atoms with Gasteiger partial charge < -0.3 is 0 Å². The molecule has 21 heavy (non-hydrogen) atoms. The van der Waals surface area contributed by atoms with Crippen molar-refractivity contribution in [1.29, 1.82) is 0 Å². The van der Waals surface area contributed by atoms with E-state index in [0.717, 1.165) is 6.54 Å². The van der Waals surface area contributed by atoms with Gasteiger partial charge in [-0.05, 0) is 0 Å². The van der Waals surface area contributed by atoms with E-state index < -0.39 is 36.8 Å². The van der Waals surface area contributed by atoms with Crippen molar-refractivity contribution in [1.82, 2.24) is 4.57 Å². The molecular weight excluding hydrogens is 488 g/mol. The van der Waals surface area contributed by atoms with E-state index in [4.69, 9.17) is 0 Å². The van der Waals surface area contributed by atoms with Gasteiger partial charge in [-0.1, -0.05) is 0 Å². The molecule has 0 radical (unpaired) electrons. The van der Waals surface area contributed by atoms with Gasteiger partial charge in [0.05, 0.1) is 0 Å². The predicted molar refractivity (Wildman–Crippen MR) is 104 cm³/mol. The molecule has 0 amide bonds. The number of nitrogens with zero attached hydrogens (tertiary/aromatic N) is 1. The molecule has 0 saturated heterocycles. The number of hydrogen-bond acceptors (Lipinski definition) is 1. The maximum atomic E-state index is 2.63. The van der Waals surface area contributed by atoms with Crippen LogP contribution in [0.25, 0.3) is 10.6 Å². The second-order valence-corrected chi connectivity index (χ2v) is 38.7.